The lowest BCUT2D eigenvalue weighted by Crippen LogP contribution is -2.48. The van der Waals surface area contributed by atoms with Gasteiger partial charge in [0, 0.05) is 64.2 Å². The predicted molar refractivity (Wildman–Crippen MR) is 157 cm³/mol. The van der Waals surface area contributed by atoms with Crippen LogP contribution in [0.3, 0.4) is 0 Å². The lowest BCUT2D eigenvalue weighted by molar-refractivity contribution is 0.622. The smallest absolute Gasteiger partial charge is 0.259 e. The molecule has 0 saturated carbocycles. The van der Waals surface area contributed by atoms with E-state index in [9.17, 15) is 13.4 Å². The monoisotopic (exact) mass is 550 g/mol. The van der Waals surface area contributed by atoms with Crippen LogP contribution in [0.5, 0.6) is 0 Å². The van der Waals surface area contributed by atoms with Gasteiger partial charge in [-0.1, -0.05) is 6.07 Å². The number of fused-ring (bicyclic) bond motifs is 1. The second kappa shape index (κ2) is 10.5. The van der Waals surface area contributed by atoms with Crippen LogP contribution < -0.4 is 20.7 Å². The van der Waals surface area contributed by atoms with E-state index in [1.165, 1.54) is 18.4 Å². The molecular formula is C29H35FN6O2S. The molecule has 2 atom stereocenters. The van der Waals surface area contributed by atoms with Crippen molar-refractivity contribution in [2.24, 2.45) is 14.1 Å². The van der Waals surface area contributed by atoms with Crippen LogP contribution in [0.15, 0.2) is 52.3 Å². The highest BCUT2D eigenvalue weighted by Gasteiger charge is 2.24. The number of hydrogen-bond donors (Lipinski definition) is 1. The van der Waals surface area contributed by atoms with E-state index in [4.69, 9.17) is 0 Å². The first kappa shape index (κ1) is 26.9. The Morgan fingerprint density at radius 3 is 2.33 bits per heavy atom. The van der Waals surface area contributed by atoms with E-state index in [-0.39, 0.29) is 11.6 Å². The minimum atomic E-state index is -1.36. The number of rotatable bonds is 6. The molecule has 2 aromatic heterocycles. The van der Waals surface area contributed by atoms with Crippen molar-refractivity contribution in [2.45, 2.75) is 31.7 Å². The summed E-state index contributed by atoms with van der Waals surface area (Å²) in [4.78, 5) is 18.6. The molecule has 0 bridgehead atoms. The van der Waals surface area contributed by atoms with Gasteiger partial charge in [0.25, 0.3) is 5.56 Å². The highest BCUT2D eigenvalue weighted by atomic mass is 32.2. The van der Waals surface area contributed by atoms with Crippen LogP contribution in [-0.4, -0.2) is 51.0 Å². The minimum absolute atomic E-state index is 0.0395. The maximum Gasteiger partial charge on any atom is 0.259 e. The third-order valence-electron chi connectivity index (χ3n) is 7.53. The fourth-order valence-electron chi connectivity index (χ4n) is 5.57. The van der Waals surface area contributed by atoms with Gasteiger partial charge in [-0.05, 0) is 67.6 Å². The fourth-order valence-corrected chi connectivity index (χ4v) is 6.29. The zero-order chi connectivity index (χ0) is 28.0. The topological polar surface area (TPSA) is 75.4 Å². The minimum Gasteiger partial charge on any atom is -0.378 e. The van der Waals surface area contributed by atoms with Gasteiger partial charge in [-0.15, -0.1) is 0 Å². The summed E-state index contributed by atoms with van der Waals surface area (Å²) in [6.07, 6.45) is 3.60. The van der Waals surface area contributed by atoms with Gasteiger partial charge >= 0.3 is 0 Å². The molecule has 1 unspecified atom stereocenters. The number of piperazine rings is 1. The Labute approximate surface area is 230 Å². The van der Waals surface area contributed by atoms with Crippen LogP contribution in [0.25, 0.3) is 10.8 Å². The van der Waals surface area contributed by atoms with Crippen molar-refractivity contribution in [3.8, 4) is 0 Å². The molecular weight excluding hydrogens is 515 g/mol. The molecule has 1 N–H and O–H groups in total. The molecule has 1 fully saturated rings. The molecule has 2 aromatic carbocycles. The Morgan fingerprint density at radius 2 is 1.69 bits per heavy atom. The Bertz CT molecular complexity index is 1640. The number of aromatic nitrogens is 3. The molecule has 3 heterocycles. The molecule has 1 saturated heterocycles. The molecule has 0 radical (unpaired) electrons. The SMILES string of the molecule is Cc1cc([C@@H](C)Nc2ccc(F)cc2S(C)=O)c2cc(N3CCN(c4cn(C)nc4C)CC3)n(C)c(=O)c2c1. The van der Waals surface area contributed by atoms with Crippen molar-refractivity contribution in [1.29, 1.82) is 0 Å². The molecule has 0 spiro atoms. The Balaban J connectivity index is 1.50. The van der Waals surface area contributed by atoms with Gasteiger partial charge in [0.1, 0.15) is 11.6 Å². The van der Waals surface area contributed by atoms with Crippen molar-refractivity contribution >= 4 is 38.8 Å². The quantitative estimate of drug-likeness (QED) is 0.387. The third-order valence-corrected chi connectivity index (χ3v) is 8.49. The highest BCUT2D eigenvalue weighted by molar-refractivity contribution is 7.84. The third kappa shape index (κ3) is 5.17. The molecule has 5 rings (SSSR count). The van der Waals surface area contributed by atoms with Crippen molar-refractivity contribution in [1.82, 2.24) is 14.3 Å². The predicted octanol–water partition coefficient (Wildman–Crippen LogP) is 4.27. The highest BCUT2D eigenvalue weighted by Crippen LogP contribution is 2.32. The molecule has 10 heteroatoms. The Morgan fingerprint density at radius 1 is 1.00 bits per heavy atom. The molecule has 4 aromatic rings. The summed E-state index contributed by atoms with van der Waals surface area (Å²) in [7, 11) is 2.41. The molecule has 39 heavy (non-hydrogen) atoms. The van der Waals surface area contributed by atoms with E-state index in [0.717, 1.165) is 59.9 Å². The van der Waals surface area contributed by atoms with Crippen molar-refractivity contribution in [3.05, 3.63) is 75.6 Å². The number of hydrogen-bond acceptors (Lipinski definition) is 6. The van der Waals surface area contributed by atoms with Crippen LogP contribution >= 0.6 is 0 Å². The Hall–Kier alpha value is -3.66. The van der Waals surface area contributed by atoms with Gasteiger partial charge < -0.3 is 15.1 Å². The van der Waals surface area contributed by atoms with Gasteiger partial charge in [0.15, 0.2) is 0 Å². The summed E-state index contributed by atoms with van der Waals surface area (Å²) >= 11 is 0. The molecule has 1 aliphatic heterocycles. The number of pyridine rings is 1. The largest absolute Gasteiger partial charge is 0.378 e. The number of nitrogens with one attached hydrogen (secondary N) is 1. The van der Waals surface area contributed by atoms with Crippen LogP contribution in [0, 0.1) is 19.7 Å². The average molecular weight is 551 g/mol. The van der Waals surface area contributed by atoms with Crippen LogP contribution in [0.2, 0.25) is 0 Å². The van der Waals surface area contributed by atoms with E-state index < -0.39 is 16.6 Å². The summed E-state index contributed by atoms with van der Waals surface area (Å²) in [5.41, 5.74) is 4.69. The van der Waals surface area contributed by atoms with E-state index in [1.807, 2.05) is 45.6 Å². The first-order valence-electron chi connectivity index (χ1n) is 13.1. The van der Waals surface area contributed by atoms with E-state index in [1.54, 1.807) is 10.6 Å². The summed E-state index contributed by atoms with van der Waals surface area (Å²) < 4.78 is 29.7. The zero-order valence-corrected chi connectivity index (χ0v) is 24.1. The van der Waals surface area contributed by atoms with Crippen molar-refractivity contribution in [2.75, 3.05) is 47.6 Å². The summed E-state index contributed by atoms with van der Waals surface area (Å²) in [5, 5.41) is 9.44. The summed E-state index contributed by atoms with van der Waals surface area (Å²) in [6.45, 7) is 9.24. The molecule has 1 aliphatic rings. The van der Waals surface area contributed by atoms with E-state index in [2.05, 4.69) is 38.5 Å². The lowest BCUT2D eigenvalue weighted by Gasteiger charge is -2.37. The van der Waals surface area contributed by atoms with Crippen LogP contribution in [0.1, 0.15) is 29.8 Å². The van der Waals surface area contributed by atoms with Crippen LogP contribution in [-0.2, 0) is 24.9 Å². The zero-order valence-electron chi connectivity index (χ0n) is 23.3. The molecule has 0 aliphatic carbocycles. The first-order chi connectivity index (χ1) is 18.5. The second-order valence-electron chi connectivity index (χ2n) is 10.4. The van der Waals surface area contributed by atoms with Crippen molar-refractivity contribution < 1.29 is 8.60 Å². The molecule has 0 amide bonds. The second-order valence-corrected chi connectivity index (χ2v) is 11.7. The lowest BCUT2D eigenvalue weighted by atomic mass is 9.97. The maximum atomic E-state index is 13.9. The average Bonchev–Trinajstić information content (AvgIpc) is 3.24. The maximum absolute atomic E-state index is 13.9. The Kier molecular flexibility index (Phi) is 7.24. The summed E-state index contributed by atoms with van der Waals surface area (Å²) in [5.74, 6) is 0.454. The van der Waals surface area contributed by atoms with Crippen LogP contribution in [0.4, 0.5) is 21.6 Å². The van der Waals surface area contributed by atoms with Gasteiger partial charge in [-0.3, -0.25) is 18.3 Å². The van der Waals surface area contributed by atoms with E-state index >= 15 is 0 Å². The van der Waals surface area contributed by atoms with Crippen molar-refractivity contribution in [3.63, 3.8) is 0 Å². The standard InChI is InChI=1S/C29H35FN6O2S/c1-18-13-22(19(2)31-25-8-7-21(30)15-27(25)39(6)38)23-16-28(34(5)29(37)24(23)14-18)36-11-9-35(10-12-36)26-17-33(4)32-20(26)3/h7-8,13-17,19,31H,9-12H2,1-6H3/t19-,39?/m1/s1. The van der Waals surface area contributed by atoms with Gasteiger partial charge in [0.05, 0.1) is 32.8 Å². The van der Waals surface area contributed by atoms with Gasteiger partial charge in [-0.2, -0.15) is 5.10 Å². The van der Waals surface area contributed by atoms with Gasteiger partial charge in [-0.25, -0.2) is 4.39 Å². The number of nitrogens with zero attached hydrogens (tertiary/aromatic N) is 5. The molecule has 206 valence electrons. The summed E-state index contributed by atoms with van der Waals surface area (Å²) in [6, 6.07) is 10.2. The molecule has 8 nitrogen and oxygen atoms in total. The van der Waals surface area contributed by atoms with E-state index in [0.29, 0.717) is 16.0 Å². The normalized spacial score (nSPS) is 15.6. The number of aryl methyl sites for hydroxylation is 3. The fraction of sp³-hybridized carbons (Fsp3) is 0.379. The van der Waals surface area contributed by atoms with Gasteiger partial charge in [0.2, 0.25) is 0 Å². The number of benzene rings is 2. The number of anilines is 3. The number of halogens is 1. The first-order valence-corrected chi connectivity index (χ1v) is 14.6.